The molecule has 120 valence electrons. The van der Waals surface area contributed by atoms with E-state index in [1.807, 2.05) is 28.5 Å². The van der Waals surface area contributed by atoms with Gasteiger partial charge in [0.15, 0.2) is 0 Å². The Morgan fingerprint density at radius 2 is 1.70 bits per heavy atom. The average Bonchev–Trinajstić information content (AvgIpc) is 2.98. The summed E-state index contributed by atoms with van der Waals surface area (Å²) in [6.45, 7) is 1.60. The Bertz CT molecular complexity index is 674. The van der Waals surface area contributed by atoms with Crippen molar-refractivity contribution in [1.29, 1.82) is 0 Å². The minimum absolute atomic E-state index is 0.00831. The number of hydrogen-bond acceptors (Lipinski definition) is 3. The summed E-state index contributed by atoms with van der Waals surface area (Å²) >= 11 is 1.39. The number of likely N-dealkylation sites (tertiary alicyclic amines) is 1. The van der Waals surface area contributed by atoms with Gasteiger partial charge in [0.1, 0.15) is 0 Å². The Labute approximate surface area is 140 Å². The van der Waals surface area contributed by atoms with Crippen LogP contribution in [0.25, 0.3) is 0 Å². The number of benzene rings is 1. The van der Waals surface area contributed by atoms with Crippen LogP contribution in [-0.4, -0.2) is 29.8 Å². The Morgan fingerprint density at radius 3 is 2.39 bits per heavy atom. The quantitative estimate of drug-likeness (QED) is 0.925. The third kappa shape index (κ3) is 3.79. The monoisotopic (exact) mass is 328 g/mol. The highest BCUT2D eigenvalue weighted by molar-refractivity contribution is 7.12. The molecule has 1 N–H and O–H groups in total. The molecule has 1 saturated heterocycles. The molecule has 2 heterocycles. The molecule has 0 bridgehead atoms. The molecular formula is C18H20N2O2S. The molecule has 23 heavy (non-hydrogen) atoms. The zero-order chi connectivity index (χ0) is 16.1. The van der Waals surface area contributed by atoms with Crippen molar-refractivity contribution in [3.63, 3.8) is 0 Å². The highest BCUT2D eigenvalue weighted by Gasteiger charge is 2.20. The van der Waals surface area contributed by atoms with Crippen LogP contribution in [0.15, 0.2) is 41.8 Å². The van der Waals surface area contributed by atoms with E-state index in [0.717, 1.165) is 25.9 Å². The molecule has 1 fully saturated rings. The van der Waals surface area contributed by atoms with Gasteiger partial charge in [-0.3, -0.25) is 9.59 Å². The molecule has 1 aliphatic heterocycles. The van der Waals surface area contributed by atoms with Crippen LogP contribution < -0.4 is 5.32 Å². The summed E-state index contributed by atoms with van der Waals surface area (Å²) in [5.74, 6) is -0.162. The maximum atomic E-state index is 12.8. The lowest BCUT2D eigenvalue weighted by molar-refractivity contribution is 0.0762. The Kier molecular flexibility index (Phi) is 5.08. The SMILES string of the molecule is O=C(Nc1ccccc1C(=O)N1CCCCCC1)c1cccs1. The van der Waals surface area contributed by atoms with Crippen molar-refractivity contribution in [2.45, 2.75) is 25.7 Å². The topological polar surface area (TPSA) is 49.4 Å². The number of anilines is 1. The second-order valence-corrected chi connectivity index (χ2v) is 6.63. The number of thiophene rings is 1. The summed E-state index contributed by atoms with van der Waals surface area (Å²) in [4.78, 5) is 27.6. The van der Waals surface area contributed by atoms with Crippen LogP contribution in [0.4, 0.5) is 5.69 Å². The van der Waals surface area contributed by atoms with Gasteiger partial charge in [-0.15, -0.1) is 11.3 Å². The first kappa shape index (κ1) is 15.7. The molecule has 1 aliphatic rings. The molecule has 0 radical (unpaired) electrons. The van der Waals surface area contributed by atoms with Crippen LogP contribution in [0.3, 0.4) is 0 Å². The molecule has 1 aromatic heterocycles. The zero-order valence-corrected chi connectivity index (χ0v) is 13.8. The summed E-state index contributed by atoms with van der Waals surface area (Å²) in [6.07, 6.45) is 4.46. The number of hydrogen-bond donors (Lipinski definition) is 1. The van der Waals surface area contributed by atoms with Crippen molar-refractivity contribution in [3.8, 4) is 0 Å². The lowest BCUT2D eigenvalue weighted by atomic mass is 10.1. The number of rotatable bonds is 3. The second-order valence-electron chi connectivity index (χ2n) is 5.68. The fraction of sp³-hybridized carbons (Fsp3) is 0.333. The smallest absolute Gasteiger partial charge is 0.265 e. The normalized spacial score (nSPS) is 15.0. The van der Waals surface area contributed by atoms with E-state index in [1.165, 1.54) is 24.2 Å². The van der Waals surface area contributed by atoms with E-state index in [9.17, 15) is 9.59 Å². The van der Waals surface area contributed by atoms with E-state index in [1.54, 1.807) is 18.2 Å². The molecule has 2 amide bonds. The van der Waals surface area contributed by atoms with Gasteiger partial charge in [0.05, 0.1) is 16.1 Å². The van der Waals surface area contributed by atoms with Gasteiger partial charge in [-0.2, -0.15) is 0 Å². The number of para-hydroxylation sites is 1. The van der Waals surface area contributed by atoms with Gasteiger partial charge in [0.25, 0.3) is 11.8 Å². The molecule has 0 aliphatic carbocycles. The number of nitrogens with one attached hydrogen (secondary N) is 1. The highest BCUT2D eigenvalue weighted by Crippen LogP contribution is 2.21. The summed E-state index contributed by atoms with van der Waals surface area (Å²) in [5.41, 5.74) is 1.15. The third-order valence-corrected chi connectivity index (χ3v) is 4.91. The van der Waals surface area contributed by atoms with E-state index >= 15 is 0 Å². The third-order valence-electron chi connectivity index (χ3n) is 4.04. The Hall–Kier alpha value is -2.14. The van der Waals surface area contributed by atoms with Gasteiger partial charge in [-0.1, -0.05) is 31.0 Å². The molecule has 3 rings (SSSR count). The van der Waals surface area contributed by atoms with Gasteiger partial charge >= 0.3 is 0 Å². The molecule has 0 atom stereocenters. The maximum Gasteiger partial charge on any atom is 0.265 e. The molecule has 0 spiro atoms. The first-order valence-corrected chi connectivity index (χ1v) is 8.87. The van der Waals surface area contributed by atoms with Crippen LogP contribution >= 0.6 is 11.3 Å². The van der Waals surface area contributed by atoms with Crippen molar-refractivity contribution in [3.05, 3.63) is 52.2 Å². The maximum absolute atomic E-state index is 12.8. The largest absolute Gasteiger partial charge is 0.339 e. The van der Waals surface area contributed by atoms with Crippen LogP contribution in [0.1, 0.15) is 45.7 Å². The van der Waals surface area contributed by atoms with Crippen LogP contribution in [0.5, 0.6) is 0 Å². The van der Waals surface area contributed by atoms with E-state index < -0.39 is 0 Å². The van der Waals surface area contributed by atoms with Crippen molar-refractivity contribution in [2.75, 3.05) is 18.4 Å². The lowest BCUT2D eigenvalue weighted by Crippen LogP contribution is -2.32. The number of carbonyl (C=O) groups is 2. The van der Waals surface area contributed by atoms with Crippen molar-refractivity contribution < 1.29 is 9.59 Å². The van der Waals surface area contributed by atoms with Gasteiger partial charge < -0.3 is 10.2 Å². The minimum atomic E-state index is -0.170. The van der Waals surface area contributed by atoms with E-state index in [2.05, 4.69) is 5.32 Å². The number of nitrogens with zero attached hydrogens (tertiary/aromatic N) is 1. The molecule has 0 unspecified atom stereocenters. The summed E-state index contributed by atoms with van der Waals surface area (Å²) in [6, 6.07) is 10.9. The van der Waals surface area contributed by atoms with Crippen LogP contribution in [0.2, 0.25) is 0 Å². The van der Waals surface area contributed by atoms with Crippen molar-refractivity contribution in [2.24, 2.45) is 0 Å². The van der Waals surface area contributed by atoms with E-state index in [-0.39, 0.29) is 11.8 Å². The predicted molar refractivity (Wildman–Crippen MR) is 93.1 cm³/mol. The second kappa shape index (κ2) is 7.42. The summed E-state index contributed by atoms with van der Waals surface area (Å²) in [5, 5.41) is 4.74. The predicted octanol–water partition coefficient (Wildman–Crippen LogP) is 4.02. The van der Waals surface area contributed by atoms with Crippen LogP contribution in [-0.2, 0) is 0 Å². The zero-order valence-electron chi connectivity index (χ0n) is 13.0. The van der Waals surface area contributed by atoms with Crippen LogP contribution in [0, 0.1) is 0 Å². The number of amides is 2. The molecular weight excluding hydrogens is 308 g/mol. The van der Waals surface area contributed by atoms with Gasteiger partial charge in [-0.05, 0) is 36.4 Å². The summed E-state index contributed by atoms with van der Waals surface area (Å²) in [7, 11) is 0. The van der Waals surface area contributed by atoms with E-state index in [0.29, 0.717) is 16.1 Å². The van der Waals surface area contributed by atoms with Crippen molar-refractivity contribution >= 4 is 28.8 Å². The minimum Gasteiger partial charge on any atom is -0.339 e. The lowest BCUT2D eigenvalue weighted by Gasteiger charge is -2.21. The highest BCUT2D eigenvalue weighted by atomic mass is 32.1. The molecule has 0 saturated carbocycles. The first-order valence-electron chi connectivity index (χ1n) is 7.99. The van der Waals surface area contributed by atoms with Gasteiger partial charge in [0, 0.05) is 13.1 Å². The van der Waals surface area contributed by atoms with Crippen molar-refractivity contribution in [1.82, 2.24) is 4.90 Å². The van der Waals surface area contributed by atoms with E-state index in [4.69, 9.17) is 0 Å². The molecule has 4 nitrogen and oxygen atoms in total. The molecule has 1 aromatic carbocycles. The summed E-state index contributed by atoms with van der Waals surface area (Å²) < 4.78 is 0. The molecule has 5 heteroatoms. The fourth-order valence-corrected chi connectivity index (χ4v) is 3.43. The standard InChI is InChI=1S/C18H20N2O2S/c21-17(16-10-7-13-23-16)19-15-9-4-3-8-14(15)18(22)20-11-5-1-2-6-12-20/h3-4,7-10,13H,1-2,5-6,11-12H2,(H,19,21). The van der Waals surface area contributed by atoms with Gasteiger partial charge in [-0.25, -0.2) is 0 Å². The van der Waals surface area contributed by atoms with Gasteiger partial charge in [0.2, 0.25) is 0 Å². The fourth-order valence-electron chi connectivity index (χ4n) is 2.81. The Balaban J connectivity index is 1.79. The Morgan fingerprint density at radius 1 is 0.957 bits per heavy atom. The average molecular weight is 328 g/mol. The molecule has 2 aromatic rings. The first-order chi connectivity index (χ1) is 11.3. The number of carbonyl (C=O) groups excluding carboxylic acids is 2.